The van der Waals surface area contributed by atoms with Crippen LogP contribution in [0.4, 0.5) is 0 Å². The minimum absolute atomic E-state index is 0.0562. The highest BCUT2D eigenvalue weighted by Crippen LogP contribution is 2.64. The number of carbonyl (C=O) groups is 2. The van der Waals surface area contributed by atoms with E-state index in [1.54, 1.807) is 0 Å². The Morgan fingerprint density at radius 3 is 2.64 bits per heavy atom. The second-order valence-electron chi connectivity index (χ2n) is 12.5. The Bertz CT molecular complexity index is 883. The van der Waals surface area contributed by atoms with E-state index in [2.05, 4.69) is 20.8 Å². The first kappa shape index (κ1) is 22.3. The van der Waals surface area contributed by atoms with Crippen molar-refractivity contribution in [2.24, 2.45) is 40.9 Å². The maximum Gasteiger partial charge on any atom is 0.302 e. The topological polar surface area (TPSA) is 61.8 Å². The van der Waals surface area contributed by atoms with Gasteiger partial charge in [-0.05, 0) is 74.0 Å². The fourth-order valence-corrected chi connectivity index (χ4v) is 9.03. The van der Waals surface area contributed by atoms with Crippen molar-refractivity contribution in [3.8, 4) is 0 Å². The third kappa shape index (κ3) is 3.24. The van der Waals surface area contributed by atoms with Gasteiger partial charge in [-0.3, -0.25) is 9.59 Å². The predicted octanol–water partition coefficient (Wildman–Crippen LogP) is 5.22. The molecule has 4 fully saturated rings. The zero-order valence-corrected chi connectivity index (χ0v) is 20.7. The summed E-state index contributed by atoms with van der Waals surface area (Å²) in [7, 11) is 0. The quantitative estimate of drug-likeness (QED) is 0.507. The van der Waals surface area contributed by atoms with Crippen LogP contribution in [-0.4, -0.2) is 36.4 Å². The molecule has 0 amide bonds. The van der Waals surface area contributed by atoms with Crippen LogP contribution < -0.4 is 0 Å². The summed E-state index contributed by atoms with van der Waals surface area (Å²) >= 11 is 0. The Balaban J connectivity index is 1.25. The highest BCUT2D eigenvalue weighted by atomic mass is 16.7. The average molecular weight is 457 g/mol. The van der Waals surface area contributed by atoms with E-state index in [9.17, 15) is 9.59 Å². The van der Waals surface area contributed by atoms with Crippen molar-refractivity contribution >= 4 is 11.8 Å². The van der Waals surface area contributed by atoms with Gasteiger partial charge >= 0.3 is 5.97 Å². The molecule has 10 atom stereocenters. The highest BCUT2D eigenvalue weighted by molar-refractivity contribution is 5.99. The molecule has 0 N–H and O–H groups in total. The highest BCUT2D eigenvalue weighted by Gasteiger charge is 2.63. The molecule has 0 radical (unpaired) electrons. The van der Waals surface area contributed by atoms with Crippen molar-refractivity contribution in [1.29, 1.82) is 0 Å². The SMILES string of the molecule is CC(=O)O[C@H]1CC[C@@]2(C)[C@@H](CC[C@H]3C4=C(C(=O)C[C@@H]32)[C@@H]2[C@H](C4)O[C@]3(CC[C@@H](C)CO3)[C@H]2C)C1. The Kier molecular flexibility index (Phi) is 5.16. The summed E-state index contributed by atoms with van der Waals surface area (Å²) in [5, 5.41) is 0. The minimum Gasteiger partial charge on any atom is -0.463 e. The van der Waals surface area contributed by atoms with Gasteiger partial charge < -0.3 is 14.2 Å². The summed E-state index contributed by atoms with van der Waals surface area (Å²) in [6.45, 7) is 9.22. The van der Waals surface area contributed by atoms with E-state index < -0.39 is 5.79 Å². The lowest BCUT2D eigenvalue weighted by molar-refractivity contribution is -0.269. The van der Waals surface area contributed by atoms with Crippen LogP contribution in [0.3, 0.4) is 0 Å². The van der Waals surface area contributed by atoms with Gasteiger partial charge in [0, 0.05) is 37.2 Å². The van der Waals surface area contributed by atoms with Gasteiger partial charge in [-0.1, -0.05) is 26.3 Å². The minimum atomic E-state index is -0.476. The molecular formula is C28H40O5. The van der Waals surface area contributed by atoms with Gasteiger partial charge in [0.1, 0.15) is 6.10 Å². The number of rotatable bonds is 1. The third-order valence-electron chi connectivity index (χ3n) is 10.8. The number of fused-ring (bicyclic) bond motifs is 6. The Hall–Kier alpha value is -1.20. The van der Waals surface area contributed by atoms with Gasteiger partial charge in [-0.25, -0.2) is 0 Å². The van der Waals surface area contributed by atoms with Crippen LogP contribution in [-0.2, 0) is 23.8 Å². The number of Topliss-reactive ketones (excluding diaryl/α,β-unsaturated/α-hetero) is 1. The average Bonchev–Trinajstić information content (AvgIpc) is 3.26. The van der Waals surface area contributed by atoms with E-state index in [4.69, 9.17) is 14.2 Å². The molecule has 1 spiro atoms. The monoisotopic (exact) mass is 456 g/mol. The van der Waals surface area contributed by atoms with Gasteiger partial charge in [0.15, 0.2) is 11.6 Å². The molecule has 6 rings (SSSR count). The lowest BCUT2D eigenvalue weighted by Gasteiger charge is -2.56. The lowest BCUT2D eigenvalue weighted by atomic mass is 9.48. The molecule has 0 unspecified atom stereocenters. The lowest BCUT2D eigenvalue weighted by Crippen LogP contribution is -2.51. The summed E-state index contributed by atoms with van der Waals surface area (Å²) in [5.41, 5.74) is 2.75. The molecule has 6 aliphatic rings. The molecule has 2 heterocycles. The molecule has 4 aliphatic carbocycles. The van der Waals surface area contributed by atoms with Crippen molar-refractivity contribution in [2.75, 3.05) is 6.61 Å². The molecular weight excluding hydrogens is 416 g/mol. The second-order valence-corrected chi connectivity index (χ2v) is 12.5. The molecule has 0 aromatic rings. The van der Waals surface area contributed by atoms with Crippen LogP contribution in [0.15, 0.2) is 11.1 Å². The predicted molar refractivity (Wildman–Crippen MR) is 123 cm³/mol. The third-order valence-corrected chi connectivity index (χ3v) is 10.8. The summed E-state index contributed by atoms with van der Waals surface area (Å²) in [4.78, 5) is 25.2. The standard InChI is InChI=1S/C28H40O5/c1-15-7-10-28(31-14-15)16(2)25-24(33-28)12-21-20-6-5-18-11-19(32-17(3)29)8-9-27(18,4)22(20)13-23(30)26(21)25/h15-16,18-20,22,24-25H,5-14H2,1-4H3/t15-,16+,18+,19+,20+,22+,24+,25+,27+,28-/m1/s1. The van der Waals surface area contributed by atoms with Crippen LogP contribution in [0.2, 0.25) is 0 Å². The maximum atomic E-state index is 13.7. The summed E-state index contributed by atoms with van der Waals surface area (Å²) < 4.78 is 18.6. The van der Waals surface area contributed by atoms with Gasteiger partial charge in [0.05, 0.1) is 12.7 Å². The number of ketones is 1. The zero-order valence-electron chi connectivity index (χ0n) is 20.7. The van der Waals surface area contributed by atoms with Crippen molar-refractivity contribution in [3.63, 3.8) is 0 Å². The Morgan fingerprint density at radius 2 is 1.91 bits per heavy atom. The summed E-state index contributed by atoms with van der Waals surface area (Å²) in [5.74, 6) is 2.29. The number of hydrogen-bond donors (Lipinski definition) is 0. The van der Waals surface area contributed by atoms with Crippen LogP contribution in [0.5, 0.6) is 0 Å². The smallest absolute Gasteiger partial charge is 0.302 e. The van der Waals surface area contributed by atoms with Gasteiger partial charge in [0.25, 0.3) is 0 Å². The summed E-state index contributed by atoms with van der Waals surface area (Å²) in [6, 6.07) is 0. The van der Waals surface area contributed by atoms with E-state index >= 15 is 0 Å². The molecule has 182 valence electrons. The Labute approximate surface area is 198 Å². The van der Waals surface area contributed by atoms with Crippen LogP contribution >= 0.6 is 0 Å². The fourth-order valence-electron chi connectivity index (χ4n) is 9.03. The van der Waals surface area contributed by atoms with Crippen LogP contribution in [0.25, 0.3) is 0 Å². The molecule has 2 saturated heterocycles. The molecule has 33 heavy (non-hydrogen) atoms. The van der Waals surface area contributed by atoms with Gasteiger partial charge in [0.2, 0.25) is 0 Å². The second kappa shape index (κ2) is 7.65. The molecule has 2 saturated carbocycles. The normalized spacial score (nSPS) is 51.1. The largest absolute Gasteiger partial charge is 0.463 e. The molecule has 0 aromatic heterocycles. The van der Waals surface area contributed by atoms with Crippen molar-refractivity contribution in [3.05, 3.63) is 11.1 Å². The first-order chi connectivity index (χ1) is 15.7. The van der Waals surface area contributed by atoms with Crippen LogP contribution in [0.1, 0.15) is 85.5 Å². The van der Waals surface area contributed by atoms with Crippen LogP contribution in [0, 0.1) is 40.9 Å². The first-order valence-electron chi connectivity index (χ1n) is 13.5. The summed E-state index contributed by atoms with van der Waals surface area (Å²) in [6.07, 6.45) is 9.17. The number of carbonyl (C=O) groups excluding carboxylic acids is 2. The van der Waals surface area contributed by atoms with E-state index in [0.29, 0.717) is 35.9 Å². The Morgan fingerprint density at radius 1 is 1.09 bits per heavy atom. The van der Waals surface area contributed by atoms with E-state index in [-0.39, 0.29) is 35.4 Å². The number of hydrogen-bond acceptors (Lipinski definition) is 5. The van der Waals surface area contributed by atoms with E-state index in [1.165, 1.54) is 18.9 Å². The van der Waals surface area contributed by atoms with E-state index in [0.717, 1.165) is 57.1 Å². The van der Waals surface area contributed by atoms with Crippen molar-refractivity contribution < 1.29 is 23.8 Å². The zero-order chi connectivity index (χ0) is 23.1. The number of ether oxygens (including phenoxy) is 3. The maximum absolute atomic E-state index is 13.7. The van der Waals surface area contributed by atoms with Gasteiger partial charge in [-0.2, -0.15) is 0 Å². The fraction of sp³-hybridized carbons (Fsp3) is 0.857. The van der Waals surface area contributed by atoms with E-state index in [1.807, 2.05) is 0 Å². The van der Waals surface area contributed by atoms with Crippen molar-refractivity contribution in [2.45, 2.75) is 103 Å². The molecule has 5 nitrogen and oxygen atoms in total. The van der Waals surface area contributed by atoms with Gasteiger partial charge in [-0.15, -0.1) is 0 Å². The number of esters is 1. The first-order valence-corrected chi connectivity index (χ1v) is 13.5. The molecule has 0 bridgehead atoms. The molecule has 5 heteroatoms. The van der Waals surface area contributed by atoms with Crippen molar-refractivity contribution in [1.82, 2.24) is 0 Å². The molecule has 2 aliphatic heterocycles. The molecule has 0 aromatic carbocycles.